The maximum Gasteiger partial charge on any atom is 0.0267 e. The molecule has 0 saturated heterocycles. The van der Waals surface area contributed by atoms with Gasteiger partial charge in [0.15, 0.2) is 0 Å². The van der Waals surface area contributed by atoms with Crippen LogP contribution in [-0.4, -0.2) is 34.0 Å². The fourth-order valence-corrected chi connectivity index (χ4v) is 2.59. The maximum absolute atomic E-state index is 2.47. The summed E-state index contributed by atoms with van der Waals surface area (Å²) in [5, 5.41) is 0. The minimum atomic E-state index is 0.547. The Balaban J connectivity index is 5.01. The normalized spacial score (nSPS) is 13.1. The van der Waals surface area contributed by atoms with Crippen LogP contribution in [0.15, 0.2) is 11.9 Å². The lowest BCUT2D eigenvalue weighted by atomic mass is 10.2. The zero-order valence-corrected chi connectivity index (χ0v) is 13.3. The van der Waals surface area contributed by atoms with Crippen molar-refractivity contribution in [3.8, 4) is 0 Å². The number of nitrogens with zero attached hydrogens (tertiary/aromatic N) is 2. The Kier molecular flexibility index (Phi) is 6.66. The smallest absolute Gasteiger partial charge is 0.0267 e. The van der Waals surface area contributed by atoms with Crippen molar-refractivity contribution in [2.24, 2.45) is 0 Å². The van der Waals surface area contributed by atoms with Crippen LogP contribution in [0.2, 0.25) is 0 Å². The summed E-state index contributed by atoms with van der Waals surface area (Å²) in [5.74, 6) is 0. The van der Waals surface area contributed by atoms with Crippen LogP contribution in [0.25, 0.3) is 0 Å². The lowest BCUT2D eigenvalue weighted by molar-refractivity contribution is 0.206. The first-order chi connectivity index (χ1) is 7.68. The minimum absolute atomic E-state index is 0.547. The molecule has 0 saturated carbocycles. The molecule has 0 spiro atoms. The molecule has 0 aliphatic carbocycles. The number of hydrogen-bond donors (Lipinski definition) is 0. The summed E-state index contributed by atoms with van der Waals surface area (Å²) >= 11 is 0. The van der Waals surface area contributed by atoms with Crippen LogP contribution in [0, 0.1) is 0 Å². The first-order valence-electron chi connectivity index (χ1n) is 6.92. The highest BCUT2D eigenvalue weighted by atomic mass is 15.2. The molecular weight excluding hydrogens is 208 g/mol. The summed E-state index contributed by atoms with van der Waals surface area (Å²) < 4.78 is 0. The van der Waals surface area contributed by atoms with Gasteiger partial charge in [0.05, 0.1) is 0 Å². The van der Waals surface area contributed by atoms with Gasteiger partial charge in [-0.25, -0.2) is 0 Å². The summed E-state index contributed by atoms with van der Waals surface area (Å²) in [7, 11) is 0. The van der Waals surface area contributed by atoms with Crippen LogP contribution in [-0.2, 0) is 0 Å². The fourth-order valence-electron chi connectivity index (χ4n) is 2.59. The molecule has 0 radical (unpaired) electrons. The van der Waals surface area contributed by atoms with Gasteiger partial charge in [-0.3, -0.25) is 0 Å². The molecule has 0 N–H and O–H groups in total. The van der Waals surface area contributed by atoms with E-state index in [2.05, 4.69) is 78.3 Å². The second-order valence-corrected chi connectivity index (χ2v) is 6.00. The molecule has 0 aliphatic rings. The van der Waals surface area contributed by atoms with Crippen molar-refractivity contribution < 1.29 is 0 Å². The molecular formula is C15H32N2. The van der Waals surface area contributed by atoms with Crippen molar-refractivity contribution >= 4 is 0 Å². The van der Waals surface area contributed by atoms with Crippen LogP contribution >= 0.6 is 0 Å². The molecule has 0 rings (SSSR count). The van der Waals surface area contributed by atoms with Crippen molar-refractivity contribution in [1.29, 1.82) is 0 Å². The molecule has 0 atom stereocenters. The molecule has 0 aromatic rings. The molecule has 0 aromatic carbocycles. The summed E-state index contributed by atoms with van der Waals surface area (Å²) in [5.41, 5.74) is 1.36. The average Bonchev–Trinajstić information content (AvgIpc) is 2.11. The molecule has 0 heterocycles. The van der Waals surface area contributed by atoms with E-state index >= 15 is 0 Å². The Bertz CT molecular complexity index is 223. The predicted octanol–water partition coefficient (Wildman–Crippen LogP) is 4.09. The quantitative estimate of drug-likeness (QED) is 0.690. The molecule has 0 amide bonds. The third-order valence-corrected chi connectivity index (χ3v) is 3.05. The molecule has 0 unspecified atom stereocenters. The van der Waals surface area contributed by atoms with Crippen LogP contribution in [0.5, 0.6) is 0 Å². The number of hydrogen-bond acceptors (Lipinski definition) is 2. The van der Waals surface area contributed by atoms with E-state index in [1.807, 2.05) is 0 Å². The van der Waals surface area contributed by atoms with Gasteiger partial charge in [0.2, 0.25) is 0 Å². The fraction of sp³-hybridized carbons (Fsp3) is 0.867. The first-order valence-corrected chi connectivity index (χ1v) is 6.92. The minimum Gasteiger partial charge on any atom is -0.371 e. The molecule has 0 bridgehead atoms. The highest BCUT2D eigenvalue weighted by molar-refractivity contribution is 5.01. The van der Waals surface area contributed by atoms with Crippen molar-refractivity contribution in [3.63, 3.8) is 0 Å². The summed E-state index contributed by atoms with van der Waals surface area (Å²) in [6.45, 7) is 20.2. The SMILES string of the molecule is CC(=CN(C(C)C)C(C)C)N(C(C)C)C(C)C. The summed E-state index contributed by atoms with van der Waals surface area (Å²) in [6.07, 6.45) is 2.31. The number of allylic oxidation sites excluding steroid dienone is 1. The largest absolute Gasteiger partial charge is 0.371 e. The standard InChI is InChI=1S/C15H32N2/c1-11(2)16(12(3)4)10-15(9)17(13(5)6)14(7)8/h10-14H,1-9H3. The Labute approximate surface area is 109 Å². The average molecular weight is 240 g/mol. The van der Waals surface area contributed by atoms with E-state index in [4.69, 9.17) is 0 Å². The molecule has 2 nitrogen and oxygen atoms in total. The summed E-state index contributed by atoms with van der Waals surface area (Å²) in [4.78, 5) is 4.89. The molecule has 0 fully saturated rings. The third kappa shape index (κ3) is 5.01. The van der Waals surface area contributed by atoms with Gasteiger partial charge >= 0.3 is 0 Å². The molecule has 102 valence electrons. The van der Waals surface area contributed by atoms with Gasteiger partial charge in [-0.1, -0.05) is 0 Å². The highest BCUT2D eigenvalue weighted by Gasteiger charge is 2.16. The van der Waals surface area contributed by atoms with Gasteiger partial charge in [-0.05, 0) is 62.3 Å². The highest BCUT2D eigenvalue weighted by Crippen LogP contribution is 2.16. The third-order valence-electron chi connectivity index (χ3n) is 3.05. The molecule has 2 heteroatoms. The zero-order chi connectivity index (χ0) is 13.7. The van der Waals surface area contributed by atoms with Gasteiger partial charge in [0.1, 0.15) is 0 Å². The van der Waals surface area contributed by atoms with Gasteiger partial charge in [-0.2, -0.15) is 0 Å². The van der Waals surface area contributed by atoms with E-state index in [0.29, 0.717) is 24.2 Å². The van der Waals surface area contributed by atoms with Gasteiger partial charge in [-0.15, -0.1) is 0 Å². The van der Waals surface area contributed by atoms with Gasteiger partial charge < -0.3 is 9.80 Å². The van der Waals surface area contributed by atoms with Crippen molar-refractivity contribution in [1.82, 2.24) is 9.80 Å². The molecule has 17 heavy (non-hydrogen) atoms. The van der Waals surface area contributed by atoms with Crippen molar-refractivity contribution in [2.45, 2.75) is 86.5 Å². The van der Waals surface area contributed by atoms with Crippen LogP contribution in [0.1, 0.15) is 62.3 Å². The van der Waals surface area contributed by atoms with E-state index in [1.165, 1.54) is 5.70 Å². The van der Waals surface area contributed by atoms with Crippen LogP contribution in [0.3, 0.4) is 0 Å². The topological polar surface area (TPSA) is 6.48 Å². The van der Waals surface area contributed by atoms with Crippen molar-refractivity contribution in [2.75, 3.05) is 0 Å². The first kappa shape index (κ1) is 16.3. The van der Waals surface area contributed by atoms with Gasteiger partial charge in [0.25, 0.3) is 0 Å². The molecule has 0 aromatic heterocycles. The van der Waals surface area contributed by atoms with E-state index in [0.717, 1.165) is 0 Å². The lowest BCUT2D eigenvalue weighted by Gasteiger charge is -2.37. The second-order valence-electron chi connectivity index (χ2n) is 6.00. The second kappa shape index (κ2) is 6.93. The Morgan fingerprint density at radius 2 is 1.06 bits per heavy atom. The van der Waals surface area contributed by atoms with E-state index < -0.39 is 0 Å². The Hall–Kier alpha value is -0.660. The van der Waals surface area contributed by atoms with Crippen LogP contribution in [0.4, 0.5) is 0 Å². The van der Waals surface area contributed by atoms with E-state index in [1.54, 1.807) is 0 Å². The molecule has 0 aliphatic heterocycles. The lowest BCUT2D eigenvalue weighted by Crippen LogP contribution is -2.38. The van der Waals surface area contributed by atoms with Gasteiger partial charge in [0, 0.05) is 36.1 Å². The van der Waals surface area contributed by atoms with Crippen LogP contribution < -0.4 is 0 Å². The predicted molar refractivity (Wildman–Crippen MR) is 78.0 cm³/mol. The van der Waals surface area contributed by atoms with E-state index in [9.17, 15) is 0 Å². The summed E-state index contributed by atoms with van der Waals surface area (Å²) in [6, 6.07) is 2.19. The number of rotatable bonds is 6. The Morgan fingerprint density at radius 1 is 0.706 bits per heavy atom. The zero-order valence-electron chi connectivity index (χ0n) is 13.3. The van der Waals surface area contributed by atoms with Crippen molar-refractivity contribution in [3.05, 3.63) is 11.9 Å². The maximum atomic E-state index is 2.47. The van der Waals surface area contributed by atoms with E-state index in [-0.39, 0.29) is 0 Å². The Morgan fingerprint density at radius 3 is 1.29 bits per heavy atom. The monoisotopic (exact) mass is 240 g/mol.